The van der Waals surface area contributed by atoms with Gasteiger partial charge in [0.1, 0.15) is 17.2 Å². The summed E-state index contributed by atoms with van der Waals surface area (Å²) < 4.78 is 5.55. The highest BCUT2D eigenvalue weighted by Gasteiger charge is 2.43. The smallest absolute Gasteiger partial charge is 0.199 e. The number of hydrogen-bond donors (Lipinski definition) is 1. The maximum Gasteiger partial charge on any atom is 0.199 e. The minimum Gasteiger partial charge on any atom is -0.472 e. The predicted molar refractivity (Wildman–Crippen MR) is 61.2 cm³/mol. The lowest BCUT2D eigenvalue weighted by molar-refractivity contribution is 0.0468. The van der Waals surface area contributed by atoms with Crippen LogP contribution in [0, 0.1) is 11.3 Å². The van der Waals surface area contributed by atoms with Crippen molar-refractivity contribution in [2.45, 2.75) is 25.4 Å². The minimum atomic E-state index is -0.462. The van der Waals surface area contributed by atoms with Crippen molar-refractivity contribution in [1.82, 2.24) is 0 Å². The van der Waals surface area contributed by atoms with E-state index in [0.717, 1.165) is 5.56 Å². The average molecular weight is 214 g/mol. The molecule has 2 N–H and O–H groups in total. The molecule has 2 rings (SSSR count). The van der Waals surface area contributed by atoms with E-state index in [1.807, 2.05) is 44.2 Å². The van der Waals surface area contributed by atoms with E-state index >= 15 is 0 Å². The van der Waals surface area contributed by atoms with Gasteiger partial charge in [0.2, 0.25) is 0 Å². The van der Waals surface area contributed by atoms with E-state index in [1.165, 1.54) is 0 Å². The van der Waals surface area contributed by atoms with Crippen LogP contribution in [0.5, 0.6) is 0 Å². The zero-order valence-corrected chi connectivity index (χ0v) is 9.40. The topological polar surface area (TPSA) is 59.0 Å². The Morgan fingerprint density at radius 1 is 1.31 bits per heavy atom. The molecule has 16 heavy (non-hydrogen) atoms. The molecule has 0 saturated heterocycles. The number of ether oxygens (including phenoxy) is 1. The summed E-state index contributed by atoms with van der Waals surface area (Å²) in [7, 11) is 0. The molecule has 1 aromatic carbocycles. The molecule has 1 unspecified atom stereocenters. The largest absolute Gasteiger partial charge is 0.472 e. The van der Waals surface area contributed by atoms with Crippen LogP contribution in [0.2, 0.25) is 0 Å². The number of hydrogen-bond acceptors (Lipinski definition) is 3. The molecule has 0 amide bonds. The average Bonchev–Trinajstić information content (AvgIpc) is 2.48. The van der Waals surface area contributed by atoms with Crippen molar-refractivity contribution in [1.29, 1.82) is 5.26 Å². The zero-order valence-electron chi connectivity index (χ0n) is 9.40. The van der Waals surface area contributed by atoms with Crippen molar-refractivity contribution in [3.05, 3.63) is 47.4 Å². The minimum absolute atomic E-state index is 0.0845. The second-order valence-corrected chi connectivity index (χ2v) is 4.44. The van der Waals surface area contributed by atoms with Crippen LogP contribution < -0.4 is 5.73 Å². The van der Waals surface area contributed by atoms with Crippen LogP contribution in [0.1, 0.15) is 25.3 Å². The van der Waals surface area contributed by atoms with Gasteiger partial charge in [0.25, 0.3) is 0 Å². The third kappa shape index (κ3) is 1.53. The summed E-state index contributed by atoms with van der Waals surface area (Å²) >= 11 is 0. The molecule has 0 aliphatic carbocycles. The molecule has 1 heterocycles. The fourth-order valence-electron chi connectivity index (χ4n) is 2.22. The van der Waals surface area contributed by atoms with Gasteiger partial charge >= 0.3 is 0 Å². The van der Waals surface area contributed by atoms with Gasteiger partial charge in [-0.15, -0.1) is 0 Å². The summed E-state index contributed by atoms with van der Waals surface area (Å²) in [5, 5.41) is 9.13. The van der Waals surface area contributed by atoms with Gasteiger partial charge in [-0.25, -0.2) is 0 Å². The van der Waals surface area contributed by atoms with Crippen molar-refractivity contribution in [2.24, 2.45) is 5.73 Å². The molecule has 3 heteroatoms. The van der Waals surface area contributed by atoms with Gasteiger partial charge in [-0.3, -0.25) is 0 Å². The van der Waals surface area contributed by atoms with Crippen LogP contribution >= 0.6 is 0 Å². The van der Waals surface area contributed by atoms with Crippen LogP contribution in [-0.2, 0) is 4.74 Å². The van der Waals surface area contributed by atoms with Gasteiger partial charge in [-0.2, -0.15) is 5.26 Å². The van der Waals surface area contributed by atoms with Gasteiger partial charge in [0.15, 0.2) is 5.88 Å². The van der Waals surface area contributed by atoms with E-state index in [1.54, 1.807) is 0 Å². The summed E-state index contributed by atoms with van der Waals surface area (Å²) in [6, 6.07) is 12.0. The number of benzene rings is 1. The Morgan fingerprint density at radius 3 is 2.50 bits per heavy atom. The predicted octanol–water partition coefficient (Wildman–Crippen LogP) is 2.27. The molecular formula is C13H14N2O. The van der Waals surface area contributed by atoms with Crippen LogP contribution in [0.25, 0.3) is 0 Å². The van der Waals surface area contributed by atoms with Crippen molar-refractivity contribution >= 4 is 0 Å². The third-order valence-electron chi connectivity index (χ3n) is 2.88. The Labute approximate surface area is 95.1 Å². The molecule has 1 aromatic rings. The second kappa shape index (κ2) is 3.57. The maximum absolute atomic E-state index is 9.13. The van der Waals surface area contributed by atoms with Gasteiger partial charge < -0.3 is 10.5 Å². The van der Waals surface area contributed by atoms with Crippen LogP contribution in [0.4, 0.5) is 0 Å². The van der Waals surface area contributed by atoms with Gasteiger partial charge in [0.05, 0.1) is 5.92 Å². The molecule has 82 valence electrons. The molecule has 1 aliphatic heterocycles. The van der Waals surface area contributed by atoms with Crippen molar-refractivity contribution < 1.29 is 4.74 Å². The quantitative estimate of drug-likeness (QED) is 0.780. The lowest BCUT2D eigenvalue weighted by Crippen LogP contribution is -2.28. The Morgan fingerprint density at radius 2 is 1.94 bits per heavy atom. The SMILES string of the molecule is CC1(C)OC(N)=C(C#N)C1c1ccccc1. The molecule has 0 fully saturated rings. The number of nitrogens with two attached hydrogens (primary N) is 1. The van der Waals surface area contributed by atoms with Crippen molar-refractivity contribution in [2.75, 3.05) is 0 Å². The van der Waals surface area contributed by atoms with Crippen molar-refractivity contribution in [3.63, 3.8) is 0 Å². The summed E-state index contributed by atoms with van der Waals surface area (Å²) in [5.74, 6) is 0.167. The van der Waals surface area contributed by atoms with E-state index < -0.39 is 5.60 Å². The van der Waals surface area contributed by atoms with E-state index in [2.05, 4.69) is 6.07 Å². The Kier molecular flexibility index (Phi) is 2.35. The maximum atomic E-state index is 9.13. The Balaban J connectivity index is 2.50. The number of rotatable bonds is 1. The van der Waals surface area contributed by atoms with Gasteiger partial charge in [-0.05, 0) is 19.4 Å². The molecular weight excluding hydrogens is 200 g/mol. The third-order valence-corrected chi connectivity index (χ3v) is 2.88. The molecule has 0 spiro atoms. The Hall–Kier alpha value is -1.95. The first-order chi connectivity index (χ1) is 7.56. The molecule has 0 bridgehead atoms. The monoisotopic (exact) mass is 214 g/mol. The highest BCUT2D eigenvalue weighted by Crippen LogP contribution is 2.43. The van der Waals surface area contributed by atoms with Gasteiger partial charge in [-0.1, -0.05) is 30.3 Å². The fraction of sp³-hybridized carbons (Fsp3) is 0.308. The second-order valence-electron chi connectivity index (χ2n) is 4.44. The number of nitrogens with zero attached hydrogens (tertiary/aromatic N) is 1. The van der Waals surface area contributed by atoms with E-state index in [-0.39, 0.29) is 11.8 Å². The lowest BCUT2D eigenvalue weighted by Gasteiger charge is -2.27. The summed E-state index contributed by atoms with van der Waals surface area (Å²) in [6.45, 7) is 3.89. The first-order valence-electron chi connectivity index (χ1n) is 5.20. The summed E-state index contributed by atoms with van der Waals surface area (Å²) in [4.78, 5) is 0. The molecule has 3 nitrogen and oxygen atoms in total. The highest BCUT2D eigenvalue weighted by molar-refractivity contribution is 5.43. The highest BCUT2D eigenvalue weighted by atomic mass is 16.5. The first kappa shape index (κ1) is 10.6. The van der Waals surface area contributed by atoms with Crippen LogP contribution in [-0.4, -0.2) is 5.60 Å². The van der Waals surface area contributed by atoms with E-state index in [4.69, 9.17) is 15.7 Å². The lowest BCUT2D eigenvalue weighted by atomic mass is 9.81. The van der Waals surface area contributed by atoms with Crippen LogP contribution in [0.3, 0.4) is 0 Å². The van der Waals surface area contributed by atoms with E-state index in [9.17, 15) is 0 Å². The Bertz CT molecular complexity index is 468. The van der Waals surface area contributed by atoms with Crippen molar-refractivity contribution in [3.8, 4) is 6.07 Å². The fourth-order valence-corrected chi connectivity index (χ4v) is 2.22. The standard InChI is InChI=1S/C13H14N2O/c1-13(2)11(9-6-4-3-5-7-9)10(8-14)12(15)16-13/h3-7,11H,15H2,1-2H3. The van der Waals surface area contributed by atoms with E-state index in [0.29, 0.717) is 5.57 Å². The molecule has 1 aliphatic rings. The summed E-state index contributed by atoms with van der Waals surface area (Å²) in [6.07, 6.45) is 0. The first-order valence-corrected chi connectivity index (χ1v) is 5.20. The number of nitriles is 1. The van der Waals surface area contributed by atoms with Gasteiger partial charge in [0, 0.05) is 0 Å². The molecule has 1 atom stereocenters. The van der Waals surface area contributed by atoms with Crippen LogP contribution in [0.15, 0.2) is 41.8 Å². The zero-order chi connectivity index (χ0) is 11.8. The molecule has 0 aromatic heterocycles. The molecule has 0 radical (unpaired) electrons. The molecule has 0 saturated carbocycles. The normalized spacial score (nSPS) is 22.7. The summed E-state index contributed by atoms with van der Waals surface area (Å²) in [5.41, 5.74) is 6.85.